The molecular formula is C22H24N4O5S2. The Hall–Kier alpha value is -3.31. The molecule has 0 saturated carbocycles. The number of anilines is 2. The summed E-state index contributed by atoms with van der Waals surface area (Å²) in [6.07, 6.45) is 0.143. The van der Waals surface area contributed by atoms with Gasteiger partial charge in [-0.2, -0.15) is 0 Å². The molecule has 1 aromatic heterocycles. The number of benzene rings is 2. The predicted octanol–water partition coefficient (Wildman–Crippen LogP) is 3.87. The molecule has 2 N–H and O–H groups in total. The Morgan fingerprint density at radius 2 is 1.76 bits per heavy atom. The van der Waals surface area contributed by atoms with Crippen LogP contribution in [0.3, 0.4) is 0 Å². The van der Waals surface area contributed by atoms with Gasteiger partial charge in [-0.15, -0.1) is 10.2 Å². The molecule has 0 radical (unpaired) electrons. The Kier molecular flexibility index (Phi) is 8.90. The van der Waals surface area contributed by atoms with Crippen LogP contribution in [0.2, 0.25) is 0 Å². The van der Waals surface area contributed by atoms with Crippen LogP contribution in [0.25, 0.3) is 0 Å². The lowest BCUT2D eigenvalue weighted by Gasteiger charge is -2.10. The lowest BCUT2D eigenvalue weighted by molar-refractivity contribution is -0.115. The molecule has 0 saturated heterocycles. The van der Waals surface area contributed by atoms with Crippen LogP contribution in [-0.4, -0.2) is 48.6 Å². The quantitative estimate of drug-likeness (QED) is 0.309. The van der Waals surface area contributed by atoms with Crippen molar-refractivity contribution >= 4 is 45.7 Å². The number of hydrogen-bond donors (Lipinski definition) is 2. The summed E-state index contributed by atoms with van der Waals surface area (Å²) >= 11 is 2.44. The maximum Gasteiger partial charge on any atom is 0.234 e. The summed E-state index contributed by atoms with van der Waals surface area (Å²) in [4.78, 5) is 24.7. The normalized spacial score (nSPS) is 10.4. The van der Waals surface area contributed by atoms with Crippen LogP contribution in [-0.2, 0) is 16.0 Å². The molecule has 11 heteroatoms. The SMILES string of the molecule is CCOc1ccccc1NC(=O)CSc1nnc(NC(=O)Cc2ccc(OC)c(OC)c2)s1. The Balaban J connectivity index is 1.50. The van der Waals surface area contributed by atoms with E-state index in [-0.39, 0.29) is 24.0 Å². The van der Waals surface area contributed by atoms with Crippen molar-refractivity contribution in [1.29, 1.82) is 0 Å². The minimum Gasteiger partial charge on any atom is -0.493 e. The van der Waals surface area contributed by atoms with E-state index in [1.165, 1.54) is 23.1 Å². The van der Waals surface area contributed by atoms with Crippen molar-refractivity contribution in [2.75, 3.05) is 37.2 Å². The van der Waals surface area contributed by atoms with Gasteiger partial charge in [0, 0.05) is 0 Å². The largest absolute Gasteiger partial charge is 0.493 e. The van der Waals surface area contributed by atoms with Crippen molar-refractivity contribution in [2.45, 2.75) is 17.7 Å². The molecule has 33 heavy (non-hydrogen) atoms. The lowest BCUT2D eigenvalue weighted by atomic mass is 10.1. The second kappa shape index (κ2) is 12.1. The number of carbonyl (C=O) groups excluding carboxylic acids is 2. The third kappa shape index (κ3) is 7.09. The zero-order valence-electron chi connectivity index (χ0n) is 18.4. The standard InChI is InChI=1S/C22H24N4O5S2/c1-4-31-16-8-6-5-7-15(16)23-20(28)13-32-22-26-25-21(33-22)24-19(27)12-14-9-10-17(29-2)18(11-14)30-3/h5-11H,4,12-13H2,1-3H3,(H,23,28)(H,24,25,27). The predicted molar refractivity (Wildman–Crippen MR) is 129 cm³/mol. The molecule has 174 valence electrons. The van der Waals surface area contributed by atoms with Gasteiger partial charge >= 0.3 is 0 Å². The first kappa shape index (κ1) is 24.3. The number of nitrogens with zero attached hydrogens (tertiary/aromatic N) is 2. The number of hydrogen-bond acceptors (Lipinski definition) is 9. The molecule has 0 aliphatic rings. The number of aromatic nitrogens is 2. The average Bonchev–Trinajstić information content (AvgIpc) is 3.26. The van der Waals surface area contributed by atoms with Gasteiger partial charge in [0.2, 0.25) is 16.9 Å². The molecule has 0 aliphatic carbocycles. The van der Waals surface area contributed by atoms with Gasteiger partial charge in [0.1, 0.15) is 5.75 Å². The molecule has 0 aliphatic heterocycles. The lowest BCUT2D eigenvalue weighted by Crippen LogP contribution is -2.14. The molecule has 3 aromatic rings. The highest BCUT2D eigenvalue weighted by molar-refractivity contribution is 8.01. The van der Waals surface area contributed by atoms with E-state index in [1.807, 2.05) is 19.1 Å². The van der Waals surface area contributed by atoms with E-state index < -0.39 is 0 Å². The van der Waals surface area contributed by atoms with Crippen LogP contribution in [0.5, 0.6) is 17.2 Å². The van der Waals surface area contributed by atoms with Gasteiger partial charge in [-0.05, 0) is 36.8 Å². The van der Waals surface area contributed by atoms with Gasteiger partial charge in [0.15, 0.2) is 15.8 Å². The van der Waals surface area contributed by atoms with E-state index in [1.54, 1.807) is 44.6 Å². The number of thioether (sulfide) groups is 1. The number of rotatable bonds is 11. The van der Waals surface area contributed by atoms with Gasteiger partial charge in [0.25, 0.3) is 0 Å². The summed E-state index contributed by atoms with van der Waals surface area (Å²) in [5.74, 6) is 1.49. The summed E-state index contributed by atoms with van der Waals surface area (Å²) in [6, 6.07) is 12.6. The molecule has 9 nitrogen and oxygen atoms in total. The Morgan fingerprint density at radius 1 is 0.970 bits per heavy atom. The molecule has 0 unspecified atom stereocenters. The summed E-state index contributed by atoms with van der Waals surface area (Å²) in [5, 5.41) is 13.9. The number of amides is 2. The highest BCUT2D eigenvalue weighted by Crippen LogP contribution is 2.29. The van der Waals surface area contributed by atoms with Crippen molar-refractivity contribution in [1.82, 2.24) is 10.2 Å². The minimum atomic E-state index is -0.236. The number of methoxy groups -OCH3 is 2. The topological polar surface area (TPSA) is 112 Å². The van der Waals surface area contributed by atoms with Crippen molar-refractivity contribution in [2.24, 2.45) is 0 Å². The van der Waals surface area contributed by atoms with Crippen LogP contribution < -0.4 is 24.8 Å². The van der Waals surface area contributed by atoms with Crippen LogP contribution in [0, 0.1) is 0 Å². The second-order valence-corrected chi connectivity index (χ2v) is 8.75. The first-order valence-corrected chi connectivity index (χ1v) is 11.8. The van der Waals surface area contributed by atoms with Gasteiger partial charge in [-0.3, -0.25) is 9.59 Å². The highest BCUT2D eigenvalue weighted by Gasteiger charge is 2.13. The summed E-state index contributed by atoms with van der Waals surface area (Å²) in [7, 11) is 3.10. The van der Waals surface area contributed by atoms with Crippen molar-refractivity contribution in [3.63, 3.8) is 0 Å². The first-order valence-electron chi connectivity index (χ1n) is 10.0. The van der Waals surface area contributed by atoms with Gasteiger partial charge in [0.05, 0.1) is 38.7 Å². The maximum atomic E-state index is 12.4. The van der Waals surface area contributed by atoms with E-state index in [9.17, 15) is 9.59 Å². The third-order valence-corrected chi connectivity index (χ3v) is 6.23. The smallest absolute Gasteiger partial charge is 0.234 e. The molecule has 3 rings (SSSR count). The molecular weight excluding hydrogens is 464 g/mol. The summed E-state index contributed by atoms with van der Waals surface area (Å²) in [5.41, 5.74) is 1.39. The van der Waals surface area contributed by atoms with Gasteiger partial charge < -0.3 is 24.8 Å². The number of nitrogens with one attached hydrogen (secondary N) is 2. The van der Waals surface area contributed by atoms with E-state index >= 15 is 0 Å². The molecule has 2 amide bonds. The molecule has 0 spiro atoms. The van der Waals surface area contributed by atoms with Crippen LogP contribution in [0.1, 0.15) is 12.5 Å². The Bertz CT molecular complexity index is 1110. The van der Waals surface area contributed by atoms with Crippen molar-refractivity contribution in [3.05, 3.63) is 48.0 Å². The molecule has 0 bridgehead atoms. The van der Waals surface area contributed by atoms with E-state index in [2.05, 4.69) is 20.8 Å². The van der Waals surface area contributed by atoms with Crippen LogP contribution in [0.15, 0.2) is 46.8 Å². The second-order valence-electron chi connectivity index (χ2n) is 6.55. The van der Waals surface area contributed by atoms with Crippen LogP contribution >= 0.6 is 23.1 Å². The van der Waals surface area contributed by atoms with E-state index in [0.29, 0.717) is 39.0 Å². The highest BCUT2D eigenvalue weighted by atomic mass is 32.2. The fraction of sp³-hybridized carbons (Fsp3) is 0.273. The Labute approximate surface area is 199 Å². The van der Waals surface area contributed by atoms with Crippen LogP contribution in [0.4, 0.5) is 10.8 Å². The van der Waals surface area contributed by atoms with Gasteiger partial charge in [-0.25, -0.2) is 0 Å². The minimum absolute atomic E-state index is 0.143. The fourth-order valence-electron chi connectivity index (χ4n) is 2.82. The number of carbonyl (C=O) groups is 2. The summed E-state index contributed by atoms with van der Waals surface area (Å²) in [6.45, 7) is 2.39. The molecule has 0 fully saturated rings. The fourth-order valence-corrected chi connectivity index (χ4v) is 4.39. The number of ether oxygens (including phenoxy) is 3. The van der Waals surface area contributed by atoms with Gasteiger partial charge in [-0.1, -0.05) is 41.3 Å². The van der Waals surface area contributed by atoms with E-state index in [0.717, 1.165) is 5.56 Å². The van der Waals surface area contributed by atoms with Crippen molar-refractivity contribution in [3.8, 4) is 17.2 Å². The average molecular weight is 489 g/mol. The molecule has 2 aromatic carbocycles. The molecule has 1 heterocycles. The summed E-state index contributed by atoms with van der Waals surface area (Å²) < 4.78 is 16.6. The Morgan fingerprint density at radius 3 is 2.52 bits per heavy atom. The monoisotopic (exact) mass is 488 g/mol. The van der Waals surface area contributed by atoms with E-state index in [4.69, 9.17) is 14.2 Å². The third-order valence-electron chi connectivity index (χ3n) is 4.25. The number of para-hydroxylation sites is 2. The first-order chi connectivity index (χ1) is 16.0. The zero-order valence-corrected chi connectivity index (χ0v) is 20.0. The van der Waals surface area contributed by atoms with Crippen molar-refractivity contribution < 1.29 is 23.8 Å². The zero-order chi connectivity index (χ0) is 23.6. The molecule has 0 atom stereocenters. The maximum absolute atomic E-state index is 12.4.